The Balaban J connectivity index is 2.05. The highest BCUT2D eigenvalue weighted by Crippen LogP contribution is 2.17. The van der Waals surface area contributed by atoms with Gasteiger partial charge in [-0.2, -0.15) is 5.10 Å². The van der Waals surface area contributed by atoms with E-state index in [0.717, 1.165) is 11.3 Å². The Kier molecular flexibility index (Phi) is 5.33. The number of hydrogen-bond donors (Lipinski definition) is 2. The Morgan fingerprint density at radius 2 is 2.09 bits per heavy atom. The number of nitrogens with two attached hydrogens (primary N) is 1. The van der Waals surface area contributed by atoms with Crippen molar-refractivity contribution in [1.82, 2.24) is 15.1 Å². The molecule has 0 saturated heterocycles. The number of hydrogen-bond acceptors (Lipinski definition) is 3. The second-order valence-corrected chi connectivity index (χ2v) is 6.01. The third-order valence-corrected chi connectivity index (χ3v) is 3.56. The Bertz CT molecular complexity index is 607. The molecule has 2 aromatic rings. The number of aromatic nitrogens is 2. The van der Waals surface area contributed by atoms with Crippen molar-refractivity contribution in [3.8, 4) is 5.69 Å². The quantitative estimate of drug-likeness (QED) is 0.860. The molecule has 0 spiro atoms. The summed E-state index contributed by atoms with van der Waals surface area (Å²) in [6.07, 6.45) is 4.32. The fraction of sp³-hybridized carbons (Fsp3) is 0.412. The first-order chi connectivity index (χ1) is 10.5. The summed E-state index contributed by atoms with van der Waals surface area (Å²) in [5.41, 5.74) is 7.92. The number of rotatable bonds is 6. The molecule has 1 unspecified atom stereocenters. The van der Waals surface area contributed by atoms with E-state index in [0.29, 0.717) is 12.3 Å². The van der Waals surface area contributed by atoms with Gasteiger partial charge in [0.2, 0.25) is 5.91 Å². The first-order valence-corrected chi connectivity index (χ1v) is 7.63. The maximum Gasteiger partial charge on any atom is 0.237 e. The highest BCUT2D eigenvalue weighted by atomic mass is 16.2. The molecular weight excluding hydrogens is 276 g/mol. The molecule has 0 aliphatic heterocycles. The minimum Gasteiger partial charge on any atom is -0.348 e. The molecular formula is C17H24N4O. The van der Waals surface area contributed by atoms with Crippen molar-refractivity contribution in [2.24, 2.45) is 11.7 Å². The van der Waals surface area contributed by atoms with Crippen molar-refractivity contribution >= 4 is 5.91 Å². The zero-order chi connectivity index (χ0) is 16.1. The van der Waals surface area contributed by atoms with Crippen molar-refractivity contribution < 1.29 is 4.79 Å². The summed E-state index contributed by atoms with van der Waals surface area (Å²) >= 11 is 0. The van der Waals surface area contributed by atoms with Gasteiger partial charge in [0, 0.05) is 12.4 Å². The second-order valence-electron chi connectivity index (χ2n) is 6.01. The van der Waals surface area contributed by atoms with Crippen LogP contribution in [0.5, 0.6) is 0 Å². The van der Waals surface area contributed by atoms with Gasteiger partial charge in [-0.25, -0.2) is 4.68 Å². The van der Waals surface area contributed by atoms with E-state index in [1.54, 1.807) is 10.9 Å². The first-order valence-electron chi connectivity index (χ1n) is 7.63. The SMILES string of the molecule is CC(C)C[C@H](N)C(=O)NC(C)c1cccc(-n2cccn2)c1. The largest absolute Gasteiger partial charge is 0.348 e. The van der Waals surface area contributed by atoms with Gasteiger partial charge in [0.15, 0.2) is 0 Å². The Morgan fingerprint density at radius 1 is 1.32 bits per heavy atom. The maximum absolute atomic E-state index is 12.1. The van der Waals surface area contributed by atoms with Crippen LogP contribution in [0, 0.1) is 5.92 Å². The lowest BCUT2D eigenvalue weighted by Gasteiger charge is -2.19. The smallest absolute Gasteiger partial charge is 0.237 e. The Morgan fingerprint density at radius 3 is 2.73 bits per heavy atom. The van der Waals surface area contributed by atoms with Crippen LogP contribution in [-0.2, 0) is 4.79 Å². The number of carbonyl (C=O) groups excluding carboxylic acids is 1. The topological polar surface area (TPSA) is 72.9 Å². The summed E-state index contributed by atoms with van der Waals surface area (Å²) in [5, 5.41) is 7.20. The van der Waals surface area contributed by atoms with E-state index in [2.05, 4.69) is 24.3 Å². The number of carbonyl (C=O) groups is 1. The average Bonchev–Trinajstić information content (AvgIpc) is 3.00. The van der Waals surface area contributed by atoms with E-state index in [1.165, 1.54) is 0 Å². The van der Waals surface area contributed by atoms with Gasteiger partial charge in [-0.15, -0.1) is 0 Å². The lowest BCUT2D eigenvalue weighted by atomic mass is 10.0. The molecule has 2 atom stereocenters. The highest BCUT2D eigenvalue weighted by molar-refractivity contribution is 5.81. The molecule has 1 aromatic heterocycles. The first kappa shape index (κ1) is 16.2. The minimum atomic E-state index is -0.461. The number of nitrogens with zero attached hydrogens (tertiary/aromatic N) is 2. The molecule has 5 nitrogen and oxygen atoms in total. The summed E-state index contributed by atoms with van der Waals surface area (Å²) in [7, 11) is 0. The van der Waals surface area contributed by atoms with E-state index >= 15 is 0 Å². The molecule has 22 heavy (non-hydrogen) atoms. The average molecular weight is 300 g/mol. The normalized spacial score (nSPS) is 13.9. The molecule has 0 radical (unpaired) electrons. The molecule has 1 amide bonds. The van der Waals surface area contributed by atoms with Gasteiger partial charge >= 0.3 is 0 Å². The zero-order valence-electron chi connectivity index (χ0n) is 13.4. The van der Waals surface area contributed by atoms with Crippen molar-refractivity contribution in [2.45, 2.75) is 39.3 Å². The van der Waals surface area contributed by atoms with E-state index in [1.807, 2.05) is 43.5 Å². The zero-order valence-corrected chi connectivity index (χ0v) is 13.4. The van der Waals surface area contributed by atoms with Crippen LogP contribution in [0.15, 0.2) is 42.7 Å². The van der Waals surface area contributed by atoms with Crippen molar-refractivity contribution in [3.63, 3.8) is 0 Å². The standard InChI is InChI=1S/C17H24N4O/c1-12(2)10-16(18)17(22)20-13(3)14-6-4-7-15(11-14)21-9-5-8-19-21/h4-9,11-13,16H,10,18H2,1-3H3,(H,20,22)/t13?,16-/m0/s1. The lowest BCUT2D eigenvalue weighted by Crippen LogP contribution is -2.42. The molecule has 0 bridgehead atoms. The molecule has 2 rings (SSSR count). The van der Waals surface area contributed by atoms with Crippen molar-refractivity contribution in [3.05, 3.63) is 48.3 Å². The number of benzene rings is 1. The van der Waals surface area contributed by atoms with Crippen LogP contribution in [0.2, 0.25) is 0 Å². The van der Waals surface area contributed by atoms with Crippen LogP contribution < -0.4 is 11.1 Å². The molecule has 0 fully saturated rings. The summed E-state index contributed by atoms with van der Waals surface area (Å²) in [6.45, 7) is 6.08. The molecule has 5 heteroatoms. The van der Waals surface area contributed by atoms with Crippen LogP contribution in [0.4, 0.5) is 0 Å². The summed E-state index contributed by atoms with van der Waals surface area (Å²) in [4.78, 5) is 12.1. The van der Waals surface area contributed by atoms with Crippen LogP contribution in [0.1, 0.15) is 38.8 Å². The van der Waals surface area contributed by atoms with E-state index < -0.39 is 6.04 Å². The second kappa shape index (κ2) is 7.22. The van der Waals surface area contributed by atoms with Crippen molar-refractivity contribution in [1.29, 1.82) is 0 Å². The summed E-state index contributed by atoms with van der Waals surface area (Å²) in [6, 6.07) is 9.28. The molecule has 0 saturated carbocycles. The van der Waals surface area contributed by atoms with E-state index in [-0.39, 0.29) is 11.9 Å². The Labute approximate surface area is 131 Å². The van der Waals surface area contributed by atoms with Crippen molar-refractivity contribution in [2.75, 3.05) is 0 Å². The molecule has 0 aliphatic rings. The highest BCUT2D eigenvalue weighted by Gasteiger charge is 2.17. The van der Waals surface area contributed by atoms with Crippen LogP contribution in [0.3, 0.4) is 0 Å². The predicted molar refractivity (Wildman–Crippen MR) is 87.6 cm³/mol. The van der Waals surface area contributed by atoms with Gasteiger partial charge in [-0.05, 0) is 43.0 Å². The third kappa shape index (κ3) is 4.18. The van der Waals surface area contributed by atoms with E-state index in [9.17, 15) is 4.79 Å². The lowest BCUT2D eigenvalue weighted by molar-refractivity contribution is -0.123. The molecule has 118 valence electrons. The molecule has 0 aliphatic carbocycles. The fourth-order valence-electron chi connectivity index (χ4n) is 2.38. The summed E-state index contributed by atoms with van der Waals surface area (Å²) < 4.78 is 1.79. The van der Waals surface area contributed by atoms with Gasteiger partial charge in [0.1, 0.15) is 0 Å². The fourth-order valence-corrected chi connectivity index (χ4v) is 2.38. The Hall–Kier alpha value is -2.14. The van der Waals surface area contributed by atoms with Crippen LogP contribution >= 0.6 is 0 Å². The van der Waals surface area contributed by atoms with Crippen LogP contribution in [0.25, 0.3) is 5.69 Å². The molecule has 3 N–H and O–H groups in total. The minimum absolute atomic E-state index is 0.0961. The van der Waals surface area contributed by atoms with Crippen LogP contribution in [-0.4, -0.2) is 21.7 Å². The van der Waals surface area contributed by atoms with Gasteiger partial charge in [-0.1, -0.05) is 26.0 Å². The van der Waals surface area contributed by atoms with E-state index in [4.69, 9.17) is 5.73 Å². The maximum atomic E-state index is 12.1. The summed E-state index contributed by atoms with van der Waals surface area (Å²) in [5.74, 6) is 0.296. The van der Waals surface area contributed by atoms with Gasteiger partial charge in [0.05, 0.1) is 17.8 Å². The van der Waals surface area contributed by atoms with Gasteiger partial charge in [0.25, 0.3) is 0 Å². The third-order valence-electron chi connectivity index (χ3n) is 3.56. The number of nitrogens with one attached hydrogen (secondary N) is 1. The molecule has 1 aromatic carbocycles. The monoisotopic (exact) mass is 300 g/mol. The predicted octanol–water partition coefficient (Wildman–Crippen LogP) is 2.42. The molecule has 1 heterocycles. The number of amides is 1. The van der Waals surface area contributed by atoms with Gasteiger partial charge in [-0.3, -0.25) is 4.79 Å². The van der Waals surface area contributed by atoms with Gasteiger partial charge < -0.3 is 11.1 Å².